The fraction of sp³-hybridized carbons (Fsp3) is 0.522. The van der Waals surface area contributed by atoms with Crippen LogP contribution in [0.3, 0.4) is 0 Å². The van der Waals surface area contributed by atoms with E-state index in [-0.39, 0.29) is 12.8 Å². The van der Waals surface area contributed by atoms with Crippen LogP contribution in [0.5, 0.6) is 0 Å². The molecular formula is C23H29F2N5. The van der Waals surface area contributed by atoms with Crippen LogP contribution in [0.2, 0.25) is 0 Å². The Morgan fingerprint density at radius 2 is 2.00 bits per heavy atom. The number of halogens is 2. The zero-order chi connectivity index (χ0) is 21.1. The lowest BCUT2D eigenvalue weighted by Gasteiger charge is -2.28. The Hall–Kier alpha value is -2.57. The Labute approximate surface area is 176 Å². The summed E-state index contributed by atoms with van der Waals surface area (Å²) >= 11 is 0. The predicted molar refractivity (Wildman–Crippen MR) is 116 cm³/mol. The lowest BCUT2D eigenvalue weighted by atomic mass is 9.94. The molecule has 0 aromatic carbocycles. The third-order valence-corrected chi connectivity index (χ3v) is 5.99. The summed E-state index contributed by atoms with van der Waals surface area (Å²) in [6, 6.07) is 4.11. The maximum Gasteiger partial charge on any atom is 0.249 e. The smallest absolute Gasteiger partial charge is 0.249 e. The van der Waals surface area contributed by atoms with Crippen molar-refractivity contribution >= 4 is 17.2 Å². The highest BCUT2D eigenvalue weighted by Crippen LogP contribution is 2.35. The van der Waals surface area contributed by atoms with Crippen LogP contribution in [0, 0.1) is 0 Å². The summed E-state index contributed by atoms with van der Waals surface area (Å²) in [5.74, 6) is -1.83. The molecule has 0 spiro atoms. The highest BCUT2D eigenvalue weighted by molar-refractivity contribution is 5.81. The minimum atomic E-state index is -2.60. The Bertz CT molecular complexity index is 928. The molecule has 2 aliphatic rings. The molecule has 5 nitrogen and oxygen atoms in total. The molecule has 3 heterocycles. The van der Waals surface area contributed by atoms with E-state index < -0.39 is 5.92 Å². The number of aromatic nitrogens is 3. The first-order valence-corrected chi connectivity index (χ1v) is 10.9. The molecule has 1 N–H and O–H groups in total. The number of alkyl halides is 2. The minimum Gasteiger partial charge on any atom is -0.356 e. The van der Waals surface area contributed by atoms with Crippen LogP contribution in [0.25, 0.3) is 5.70 Å². The number of nitrogens with zero attached hydrogens (tertiary/aromatic N) is 4. The number of pyridine rings is 1. The maximum absolute atomic E-state index is 14.0. The van der Waals surface area contributed by atoms with Gasteiger partial charge < -0.3 is 10.2 Å². The number of hydrogen-bond acceptors (Lipinski definition) is 5. The predicted octanol–water partition coefficient (Wildman–Crippen LogP) is 5.02. The molecule has 0 bridgehead atoms. The molecule has 30 heavy (non-hydrogen) atoms. The van der Waals surface area contributed by atoms with Crippen LogP contribution in [0.4, 0.5) is 20.3 Å². The van der Waals surface area contributed by atoms with Gasteiger partial charge in [-0.15, -0.1) is 0 Å². The second kappa shape index (κ2) is 8.66. The second-order valence-corrected chi connectivity index (χ2v) is 8.26. The van der Waals surface area contributed by atoms with Gasteiger partial charge in [0.15, 0.2) is 0 Å². The molecule has 0 unspecified atom stereocenters. The van der Waals surface area contributed by atoms with Crippen molar-refractivity contribution in [3.8, 4) is 0 Å². The first kappa shape index (κ1) is 20.7. The van der Waals surface area contributed by atoms with Crippen molar-refractivity contribution in [1.29, 1.82) is 0 Å². The quantitative estimate of drug-likeness (QED) is 0.746. The molecule has 0 amide bonds. The number of anilines is 2. The summed E-state index contributed by atoms with van der Waals surface area (Å²) in [7, 11) is 0. The lowest BCUT2D eigenvalue weighted by Crippen LogP contribution is -2.28. The number of nitrogens with one attached hydrogen (secondary N) is 1. The van der Waals surface area contributed by atoms with Gasteiger partial charge in [-0.25, -0.2) is 13.8 Å². The van der Waals surface area contributed by atoms with Crippen molar-refractivity contribution in [3.05, 3.63) is 47.4 Å². The maximum atomic E-state index is 14.0. The zero-order valence-electron chi connectivity index (χ0n) is 17.6. The van der Waals surface area contributed by atoms with Crippen LogP contribution in [0.1, 0.15) is 61.5 Å². The van der Waals surface area contributed by atoms with Gasteiger partial charge in [0, 0.05) is 42.9 Å². The van der Waals surface area contributed by atoms with E-state index >= 15 is 0 Å². The zero-order valence-corrected chi connectivity index (χ0v) is 17.6. The van der Waals surface area contributed by atoms with Crippen molar-refractivity contribution in [2.45, 2.75) is 64.2 Å². The van der Waals surface area contributed by atoms with Gasteiger partial charge >= 0.3 is 0 Å². The van der Waals surface area contributed by atoms with E-state index in [0.717, 1.165) is 60.6 Å². The molecule has 0 atom stereocenters. The summed E-state index contributed by atoms with van der Waals surface area (Å²) < 4.78 is 27.9. The van der Waals surface area contributed by atoms with Crippen molar-refractivity contribution in [1.82, 2.24) is 15.2 Å². The topological polar surface area (TPSA) is 53.9 Å². The van der Waals surface area contributed by atoms with E-state index in [9.17, 15) is 8.78 Å². The van der Waals surface area contributed by atoms with Gasteiger partial charge in [-0.3, -0.25) is 0 Å². The number of fused-ring (bicyclic) bond motifs is 1. The largest absolute Gasteiger partial charge is 0.356 e. The summed E-state index contributed by atoms with van der Waals surface area (Å²) in [6.45, 7) is 7.17. The fourth-order valence-electron chi connectivity index (χ4n) is 4.26. The second-order valence-electron chi connectivity index (χ2n) is 8.26. The SMILES string of the molecule is C=C(Nc1cnnc(CC)c1)c1cc2c(nc1N1CCCC(F)(F)CC1)CCCC2. The molecule has 0 radical (unpaired) electrons. The Morgan fingerprint density at radius 3 is 2.83 bits per heavy atom. The van der Waals surface area contributed by atoms with Crippen molar-refractivity contribution in [3.63, 3.8) is 0 Å². The minimum absolute atomic E-state index is 0.0640. The molecule has 2 aromatic heterocycles. The van der Waals surface area contributed by atoms with E-state index in [2.05, 4.69) is 28.2 Å². The van der Waals surface area contributed by atoms with Gasteiger partial charge in [0.2, 0.25) is 5.92 Å². The monoisotopic (exact) mass is 413 g/mol. The summed E-state index contributed by atoms with van der Waals surface area (Å²) in [4.78, 5) is 6.99. The molecule has 4 rings (SSSR count). The molecule has 2 aromatic rings. The van der Waals surface area contributed by atoms with Crippen LogP contribution in [-0.4, -0.2) is 34.2 Å². The van der Waals surface area contributed by atoms with E-state index in [1.54, 1.807) is 6.20 Å². The number of rotatable bonds is 5. The van der Waals surface area contributed by atoms with Crippen LogP contribution in [0.15, 0.2) is 24.9 Å². The average Bonchev–Trinajstić information content (AvgIpc) is 2.93. The van der Waals surface area contributed by atoms with Gasteiger partial charge in [0.05, 0.1) is 17.6 Å². The first-order chi connectivity index (χ1) is 14.4. The molecule has 1 fully saturated rings. The Balaban J connectivity index is 1.67. The highest BCUT2D eigenvalue weighted by atomic mass is 19.3. The molecular weight excluding hydrogens is 384 g/mol. The number of aryl methyl sites for hydroxylation is 3. The summed E-state index contributed by atoms with van der Waals surface area (Å²) in [5, 5.41) is 11.5. The first-order valence-electron chi connectivity index (χ1n) is 10.9. The van der Waals surface area contributed by atoms with E-state index in [1.807, 2.05) is 17.9 Å². The van der Waals surface area contributed by atoms with Gasteiger partial charge in [0.1, 0.15) is 5.82 Å². The van der Waals surface area contributed by atoms with Crippen LogP contribution in [-0.2, 0) is 19.3 Å². The van der Waals surface area contributed by atoms with Crippen molar-refractivity contribution in [2.24, 2.45) is 0 Å². The van der Waals surface area contributed by atoms with Crippen molar-refractivity contribution < 1.29 is 8.78 Å². The fourth-order valence-corrected chi connectivity index (χ4v) is 4.26. The lowest BCUT2D eigenvalue weighted by molar-refractivity contribution is -0.0102. The van der Waals surface area contributed by atoms with E-state index in [1.165, 1.54) is 5.56 Å². The third kappa shape index (κ3) is 4.60. The molecule has 1 saturated heterocycles. The molecule has 7 heteroatoms. The third-order valence-electron chi connectivity index (χ3n) is 5.99. The highest BCUT2D eigenvalue weighted by Gasteiger charge is 2.33. The van der Waals surface area contributed by atoms with Gasteiger partial charge in [-0.2, -0.15) is 10.2 Å². The summed E-state index contributed by atoms with van der Waals surface area (Å²) in [5.41, 5.74) is 5.64. The van der Waals surface area contributed by atoms with Crippen LogP contribution < -0.4 is 10.2 Å². The molecule has 1 aliphatic heterocycles. The van der Waals surface area contributed by atoms with Crippen molar-refractivity contribution in [2.75, 3.05) is 23.3 Å². The summed E-state index contributed by atoms with van der Waals surface area (Å²) in [6.07, 6.45) is 6.93. The van der Waals surface area contributed by atoms with E-state index in [4.69, 9.17) is 4.98 Å². The van der Waals surface area contributed by atoms with Gasteiger partial charge in [0.25, 0.3) is 0 Å². The van der Waals surface area contributed by atoms with Gasteiger partial charge in [-0.05, 0) is 56.2 Å². The molecule has 0 saturated carbocycles. The normalized spacial score (nSPS) is 18.4. The van der Waals surface area contributed by atoms with Gasteiger partial charge in [-0.1, -0.05) is 13.5 Å². The Kier molecular flexibility index (Phi) is 5.97. The van der Waals surface area contributed by atoms with Crippen LogP contribution >= 0.6 is 0 Å². The standard InChI is InChI=1S/C23H29F2N5/c1-3-18-14-19(15-26-29-18)27-16(2)20-13-17-7-4-5-8-21(17)28-22(20)30-11-6-9-23(24,25)10-12-30/h13-15H,2-12H2,1H3,(H,27,29). The average molecular weight is 414 g/mol. The van der Waals surface area contributed by atoms with E-state index in [0.29, 0.717) is 25.2 Å². The Morgan fingerprint density at radius 1 is 1.17 bits per heavy atom. The number of hydrogen-bond donors (Lipinski definition) is 1. The molecule has 1 aliphatic carbocycles. The molecule has 160 valence electrons.